The Bertz CT molecular complexity index is 1040. The van der Waals surface area contributed by atoms with Crippen molar-refractivity contribution < 1.29 is 9.90 Å². The number of fused-ring (bicyclic) bond motifs is 1. The van der Waals surface area contributed by atoms with Crippen molar-refractivity contribution >= 4 is 16.9 Å². The first-order valence-electron chi connectivity index (χ1n) is 7.90. The highest BCUT2D eigenvalue weighted by atomic mass is 16.4. The molecule has 0 atom stereocenters. The van der Waals surface area contributed by atoms with Gasteiger partial charge in [-0.25, -0.2) is 9.48 Å². The normalized spacial score (nSPS) is 10.9. The average Bonchev–Trinajstić information content (AvgIpc) is 3.16. The molecular formula is C20H15N3O2. The van der Waals surface area contributed by atoms with Crippen LogP contribution in [0.5, 0.6) is 0 Å². The fraction of sp³-hybridized carbons (Fsp3) is 0.0500. The number of hydrogen-bond donors (Lipinski definition) is 1. The third-order valence-electron chi connectivity index (χ3n) is 4.11. The molecule has 2 aromatic carbocycles. The van der Waals surface area contributed by atoms with Gasteiger partial charge < -0.3 is 5.11 Å². The first-order chi connectivity index (χ1) is 12.2. The highest BCUT2D eigenvalue weighted by Gasteiger charge is 2.12. The van der Waals surface area contributed by atoms with Crippen molar-refractivity contribution in [1.29, 1.82) is 0 Å². The molecule has 2 aromatic heterocycles. The van der Waals surface area contributed by atoms with Crippen LogP contribution in [0.3, 0.4) is 0 Å². The Labute approximate surface area is 144 Å². The van der Waals surface area contributed by atoms with Crippen LogP contribution in [0.4, 0.5) is 0 Å². The maximum atomic E-state index is 11.5. The lowest BCUT2D eigenvalue weighted by Crippen LogP contribution is -2.01. The van der Waals surface area contributed by atoms with Crippen molar-refractivity contribution in [2.75, 3.05) is 0 Å². The summed E-state index contributed by atoms with van der Waals surface area (Å²) < 4.78 is 1.80. The third-order valence-corrected chi connectivity index (χ3v) is 4.11. The van der Waals surface area contributed by atoms with Crippen molar-refractivity contribution in [1.82, 2.24) is 14.8 Å². The fourth-order valence-electron chi connectivity index (χ4n) is 2.94. The maximum absolute atomic E-state index is 11.5. The van der Waals surface area contributed by atoms with Gasteiger partial charge in [-0.2, -0.15) is 5.10 Å². The van der Waals surface area contributed by atoms with Crippen LogP contribution in [-0.4, -0.2) is 25.8 Å². The Morgan fingerprint density at radius 3 is 2.56 bits per heavy atom. The van der Waals surface area contributed by atoms with Gasteiger partial charge >= 0.3 is 5.97 Å². The molecule has 0 bridgehead atoms. The number of benzene rings is 2. The minimum Gasteiger partial charge on any atom is -0.478 e. The van der Waals surface area contributed by atoms with E-state index in [1.54, 1.807) is 23.1 Å². The van der Waals surface area contributed by atoms with Crippen molar-refractivity contribution in [2.45, 2.75) is 6.42 Å². The summed E-state index contributed by atoms with van der Waals surface area (Å²) in [6.45, 7) is 0. The number of carbonyl (C=O) groups is 1. The summed E-state index contributed by atoms with van der Waals surface area (Å²) in [5.41, 5.74) is 3.80. The number of pyridine rings is 1. The predicted molar refractivity (Wildman–Crippen MR) is 95.1 cm³/mol. The van der Waals surface area contributed by atoms with E-state index in [0.29, 0.717) is 11.9 Å². The lowest BCUT2D eigenvalue weighted by Gasteiger charge is -2.08. The van der Waals surface area contributed by atoms with Gasteiger partial charge in [0.1, 0.15) is 0 Å². The molecule has 0 fully saturated rings. The highest BCUT2D eigenvalue weighted by molar-refractivity contribution is 6.02. The summed E-state index contributed by atoms with van der Waals surface area (Å²) in [7, 11) is 0. The Kier molecular flexibility index (Phi) is 3.74. The molecule has 0 aliphatic carbocycles. The van der Waals surface area contributed by atoms with Crippen LogP contribution in [0.2, 0.25) is 0 Å². The molecule has 0 aliphatic rings. The van der Waals surface area contributed by atoms with Gasteiger partial charge in [0.25, 0.3) is 0 Å². The molecule has 0 saturated heterocycles. The van der Waals surface area contributed by atoms with Gasteiger partial charge in [0, 0.05) is 24.0 Å². The Morgan fingerprint density at radius 1 is 1.00 bits per heavy atom. The van der Waals surface area contributed by atoms with Gasteiger partial charge in [-0.15, -0.1) is 0 Å². The lowest BCUT2D eigenvalue weighted by molar-refractivity contribution is 0.0698. The molecule has 4 rings (SSSR count). The predicted octanol–water partition coefficient (Wildman–Crippen LogP) is 3.71. The Balaban J connectivity index is 1.67. The lowest BCUT2D eigenvalue weighted by atomic mass is 9.99. The average molecular weight is 329 g/mol. The summed E-state index contributed by atoms with van der Waals surface area (Å²) >= 11 is 0. The van der Waals surface area contributed by atoms with E-state index in [1.165, 1.54) is 0 Å². The van der Waals surface area contributed by atoms with E-state index in [1.807, 2.05) is 54.7 Å². The van der Waals surface area contributed by atoms with Gasteiger partial charge in [0.2, 0.25) is 0 Å². The van der Waals surface area contributed by atoms with Gasteiger partial charge in [0.15, 0.2) is 0 Å². The molecule has 0 unspecified atom stereocenters. The zero-order chi connectivity index (χ0) is 17.2. The molecule has 0 radical (unpaired) electrons. The zero-order valence-electron chi connectivity index (χ0n) is 13.3. The first kappa shape index (κ1) is 15.1. The van der Waals surface area contributed by atoms with Crippen molar-refractivity contribution in [3.05, 3.63) is 89.9 Å². The molecule has 122 valence electrons. The van der Waals surface area contributed by atoms with Gasteiger partial charge in [-0.1, -0.05) is 18.2 Å². The summed E-state index contributed by atoms with van der Waals surface area (Å²) in [5.74, 6) is -0.959. The quantitative estimate of drug-likeness (QED) is 0.620. The van der Waals surface area contributed by atoms with Crippen LogP contribution < -0.4 is 0 Å². The second kappa shape index (κ2) is 6.20. The van der Waals surface area contributed by atoms with Crippen molar-refractivity contribution in [3.63, 3.8) is 0 Å². The minimum absolute atomic E-state index is 0.237. The summed E-state index contributed by atoms with van der Waals surface area (Å²) in [4.78, 5) is 15.7. The molecular weight excluding hydrogens is 314 g/mol. The van der Waals surface area contributed by atoms with Crippen molar-refractivity contribution in [2.24, 2.45) is 0 Å². The molecule has 5 heteroatoms. The zero-order valence-corrected chi connectivity index (χ0v) is 13.3. The standard InChI is InChI=1S/C20H15N3O2/c24-20(25)18-13-15(12-16-3-1-8-21-19(16)18)11-14-4-6-17(7-5-14)23-10-2-9-22-23/h1-10,12-13H,11H2,(H,24,25). The summed E-state index contributed by atoms with van der Waals surface area (Å²) in [5, 5.41) is 14.5. The van der Waals surface area contributed by atoms with Crippen molar-refractivity contribution in [3.8, 4) is 5.69 Å². The molecule has 5 nitrogen and oxygen atoms in total. The van der Waals surface area contributed by atoms with Crippen LogP contribution in [0.25, 0.3) is 16.6 Å². The first-order valence-corrected chi connectivity index (χ1v) is 7.90. The molecule has 0 spiro atoms. The van der Waals surface area contributed by atoms with Crippen LogP contribution in [-0.2, 0) is 6.42 Å². The van der Waals surface area contributed by atoms with E-state index < -0.39 is 5.97 Å². The van der Waals surface area contributed by atoms with E-state index in [0.717, 1.165) is 22.2 Å². The molecule has 0 saturated carbocycles. The summed E-state index contributed by atoms with van der Waals surface area (Å²) in [6.07, 6.45) is 5.90. The van der Waals surface area contributed by atoms with Gasteiger partial charge in [0.05, 0.1) is 16.8 Å². The maximum Gasteiger partial charge on any atom is 0.337 e. The number of rotatable bonds is 4. The number of hydrogen-bond acceptors (Lipinski definition) is 3. The largest absolute Gasteiger partial charge is 0.478 e. The van der Waals surface area contributed by atoms with E-state index in [4.69, 9.17) is 0 Å². The fourth-order valence-corrected chi connectivity index (χ4v) is 2.94. The molecule has 25 heavy (non-hydrogen) atoms. The number of aromatic nitrogens is 3. The van der Waals surface area contributed by atoms with E-state index in [9.17, 15) is 9.90 Å². The van der Waals surface area contributed by atoms with Crippen LogP contribution >= 0.6 is 0 Å². The van der Waals surface area contributed by atoms with Crippen LogP contribution in [0, 0.1) is 0 Å². The van der Waals surface area contributed by atoms with E-state index in [2.05, 4.69) is 10.1 Å². The molecule has 0 amide bonds. The van der Waals surface area contributed by atoms with E-state index >= 15 is 0 Å². The highest BCUT2D eigenvalue weighted by Crippen LogP contribution is 2.22. The number of carboxylic acid groups (broad SMARTS) is 1. The second-order valence-corrected chi connectivity index (χ2v) is 5.82. The van der Waals surface area contributed by atoms with Gasteiger partial charge in [-0.05, 0) is 53.9 Å². The number of carboxylic acids is 1. The topological polar surface area (TPSA) is 68.0 Å². The second-order valence-electron chi connectivity index (χ2n) is 5.82. The molecule has 2 heterocycles. The number of aromatic carboxylic acids is 1. The Morgan fingerprint density at radius 2 is 1.84 bits per heavy atom. The Hall–Kier alpha value is -3.47. The molecule has 4 aromatic rings. The van der Waals surface area contributed by atoms with Crippen LogP contribution in [0.15, 0.2) is 73.2 Å². The molecule has 1 N–H and O–H groups in total. The summed E-state index contributed by atoms with van der Waals surface area (Å²) in [6, 6.07) is 17.4. The third kappa shape index (κ3) is 2.99. The smallest absolute Gasteiger partial charge is 0.337 e. The van der Waals surface area contributed by atoms with Gasteiger partial charge in [-0.3, -0.25) is 4.98 Å². The van der Waals surface area contributed by atoms with E-state index in [-0.39, 0.29) is 5.56 Å². The minimum atomic E-state index is -0.959. The van der Waals surface area contributed by atoms with Crippen LogP contribution in [0.1, 0.15) is 21.5 Å². The molecule has 0 aliphatic heterocycles. The SMILES string of the molecule is O=C(O)c1cc(Cc2ccc(-n3cccn3)cc2)cc2cccnc12. The number of nitrogens with zero attached hydrogens (tertiary/aromatic N) is 3. The monoisotopic (exact) mass is 329 g/mol.